The Labute approximate surface area is 234 Å². The van der Waals surface area contributed by atoms with Gasteiger partial charge in [-0.1, -0.05) is 0 Å². The predicted octanol–water partition coefficient (Wildman–Crippen LogP) is -1.97. The second-order valence-corrected chi connectivity index (χ2v) is 9.10. The van der Waals surface area contributed by atoms with Gasteiger partial charge in [0, 0.05) is 41.5 Å². The standard InChI is InChI=1S/C24H34O17/c1-9(25)33-7-15-17(31)19(36-12(4)28)21(23(32)39-15)41-24-22(38-14(6)30)20(37-13(5)29)18(35-11(3)27)16(40-24)8-34-10(2)26/h15-24,31-32H,7-8H2,1-6H3/t15-,16+,17+,18+,19-,20-,21-,22-,23?,24+/m0/s1. The van der Waals surface area contributed by atoms with E-state index >= 15 is 0 Å². The summed E-state index contributed by atoms with van der Waals surface area (Å²) in [6, 6.07) is 0. The molecule has 17 nitrogen and oxygen atoms in total. The lowest BCUT2D eigenvalue weighted by Gasteiger charge is -2.47. The van der Waals surface area contributed by atoms with Gasteiger partial charge in [-0.05, 0) is 0 Å². The molecule has 17 heteroatoms. The molecule has 0 saturated carbocycles. The van der Waals surface area contributed by atoms with Crippen molar-refractivity contribution < 1.29 is 81.6 Å². The van der Waals surface area contributed by atoms with Crippen molar-refractivity contribution in [2.75, 3.05) is 13.2 Å². The van der Waals surface area contributed by atoms with Crippen LogP contribution in [0.15, 0.2) is 0 Å². The zero-order chi connectivity index (χ0) is 31.0. The highest BCUT2D eigenvalue weighted by molar-refractivity contribution is 5.69. The molecule has 0 aromatic carbocycles. The lowest BCUT2D eigenvalue weighted by Crippen LogP contribution is -2.66. The van der Waals surface area contributed by atoms with Crippen LogP contribution in [0.2, 0.25) is 0 Å². The predicted molar refractivity (Wildman–Crippen MR) is 126 cm³/mol. The molecule has 2 aliphatic heterocycles. The largest absolute Gasteiger partial charge is 0.463 e. The number of ether oxygens (including phenoxy) is 9. The molecule has 0 aromatic heterocycles. The maximum Gasteiger partial charge on any atom is 0.303 e. The van der Waals surface area contributed by atoms with Crippen LogP contribution in [0.1, 0.15) is 41.5 Å². The maximum atomic E-state index is 12.0. The summed E-state index contributed by atoms with van der Waals surface area (Å²) >= 11 is 0. The molecule has 10 atom stereocenters. The second kappa shape index (κ2) is 15.0. The molecule has 0 amide bonds. The summed E-state index contributed by atoms with van der Waals surface area (Å²) in [5, 5.41) is 21.6. The molecular formula is C24H34O17. The molecule has 2 aliphatic rings. The molecule has 232 valence electrons. The zero-order valence-corrected chi connectivity index (χ0v) is 23.2. The van der Waals surface area contributed by atoms with Gasteiger partial charge in [0.1, 0.15) is 31.5 Å². The Hall–Kier alpha value is -3.38. The average molecular weight is 595 g/mol. The molecule has 2 N–H and O–H groups in total. The third-order valence-corrected chi connectivity index (χ3v) is 5.63. The van der Waals surface area contributed by atoms with Crippen molar-refractivity contribution in [3.8, 4) is 0 Å². The van der Waals surface area contributed by atoms with E-state index in [1.807, 2.05) is 0 Å². The van der Waals surface area contributed by atoms with Crippen LogP contribution < -0.4 is 0 Å². The molecular weight excluding hydrogens is 560 g/mol. The molecule has 2 rings (SSSR count). The quantitative estimate of drug-likeness (QED) is 0.206. The van der Waals surface area contributed by atoms with E-state index in [4.69, 9.17) is 42.6 Å². The highest BCUT2D eigenvalue weighted by Crippen LogP contribution is 2.33. The number of rotatable bonds is 10. The molecule has 2 saturated heterocycles. The Bertz CT molecular complexity index is 981. The summed E-state index contributed by atoms with van der Waals surface area (Å²) in [6.45, 7) is 5.22. The van der Waals surface area contributed by atoms with Crippen LogP contribution in [-0.2, 0) is 71.4 Å². The van der Waals surface area contributed by atoms with Gasteiger partial charge >= 0.3 is 35.8 Å². The van der Waals surface area contributed by atoms with Gasteiger partial charge in [0.15, 0.2) is 43.1 Å². The van der Waals surface area contributed by atoms with Crippen LogP contribution in [0.4, 0.5) is 0 Å². The van der Waals surface area contributed by atoms with Crippen LogP contribution in [0.5, 0.6) is 0 Å². The first kappa shape index (κ1) is 33.8. The number of carbonyl (C=O) groups is 6. The second-order valence-electron chi connectivity index (χ2n) is 9.10. The highest BCUT2D eigenvalue weighted by atomic mass is 16.8. The van der Waals surface area contributed by atoms with E-state index in [9.17, 15) is 39.0 Å². The summed E-state index contributed by atoms with van der Waals surface area (Å²) in [5.41, 5.74) is 0. The van der Waals surface area contributed by atoms with Crippen LogP contribution in [-0.4, -0.2) is 121 Å². The van der Waals surface area contributed by atoms with Gasteiger partial charge in [0.2, 0.25) is 0 Å². The number of esters is 6. The van der Waals surface area contributed by atoms with E-state index in [0.717, 1.165) is 41.5 Å². The normalized spacial score (nSPS) is 33.1. The van der Waals surface area contributed by atoms with Crippen LogP contribution in [0, 0.1) is 0 Å². The zero-order valence-electron chi connectivity index (χ0n) is 23.2. The number of hydrogen-bond donors (Lipinski definition) is 2. The van der Waals surface area contributed by atoms with E-state index in [2.05, 4.69) is 0 Å². The van der Waals surface area contributed by atoms with Gasteiger partial charge in [-0.2, -0.15) is 0 Å². The van der Waals surface area contributed by atoms with E-state index in [1.165, 1.54) is 0 Å². The summed E-state index contributed by atoms with van der Waals surface area (Å²) in [6.07, 6.45) is -16.3. The summed E-state index contributed by atoms with van der Waals surface area (Å²) in [5.74, 6) is -5.01. The molecule has 2 fully saturated rings. The minimum atomic E-state index is -1.95. The summed E-state index contributed by atoms with van der Waals surface area (Å²) < 4.78 is 47.8. The highest BCUT2D eigenvalue weighted by Gasteiger charge is 2.56. The third kappa shape index (κ3) is 9.89. The van der Waals surface area contributed by atoms with E-state index in [-0.39, 0.29) is 0 Å². The van der Waals surface area contributed by atoms with Crippen LogP contribution >= 0.6 is 0 Å². The van der Waals surface area contributed by atoms with Gasteiger partial charge in [-0.25, -0.2) is 0 Å². The topological polar surface area (TPSA) is 226 Å². The Balaban J connectivity index is 2.50. The smallest absolute Gasteiger partial charge is 0.303 e. The van der Waals surface area contributed by atoms with Gasteiger partial charge in [0.05, 0.1) is 0 Å². The fourth-order valence-corrected chi connectivity index (χ4v) is 4.17. The van der Waals surface area contributed by atoms with E-state index < -0.39 is 110 Å². The maximum absolute atomic E-state index is 12.0. The van der Waals surface area contributed by atoms with Crippen LogP contribution in [0.25, 0.3) is 0 Å². The number of aliphatic hydroxyl groups is 2. The van der Waals surface area contributed by atoms with Crippen molar-refractivity contribution in [1.29, 1.82) is 0 Å². The van der Waals surface area contributed by atoms with Crippen molar-refractivity contribution in [2.24, 2.45) is 0 Å². The van der Waals surface area contributed by atoms with Crippen molar-refractivity contribution in [2.45, 2.75) is 103 Å². The van der Waals surface area contributed by atoms with Crippen molar-refractivity contribution in [1.82, 2.24) is 0 Å². The van der Waals surface area contributed by atoms with Crippen LogP contribution in [0.3, 0.4) is 0 Å². The Morgan fingerprint density at radius 2 is 0.976 bits per heavy atom. The van der Waals surface area contributed by atoms with E-state index in [1.54, 1.807) is 0 Å². The minimum absolute atomic E-state index is 0.517. The Morgan fingerprint density at radius 1 is 0.537 bits per heavy atom. The number of aliphatic hydroxyl groups excluding tert-OH is 2. The third-order valence-electron chi connectivity index (χ3n) is 5.63. The van der Waals surface area contributed by atoms with Gasteiger partial charge < -0.3 is 52.8 Å². The lowest BCUT2D eigenvalue weighted by atomic mass is 9.96. The Morgan fingerprint density at radius 3 is 1.46 bits per heavy atom. The fourth-order valence-electron chi connectivity index (χ4n) is 4.17. The van der Waals surface area contributed by atoms with Gasteiger partial charge in [-0.3, -0.25) is 28.8 Å². The first-order valence-electron chi connectivity index (χ1n) is 12.4. The van der Waals surface area contributed by atoms with Crippen molar-refractivity contribution >= 4 is 35.8 Å². The van der Waals surface area contributed by atoms with Crippen molar-refractivity contribution in [3.63, 3.8) is 0 Å². The lowest BCUT2D eigenvalue weighted by molar-refractivity contribution is -0.363. The SMILES string of the molecule is CC(=O)OC[C@@H]1OC(O)[C@@H](O[C@H]2O[C@H](COC(C)=O)[C@@H](OC(C)=O)[C@H](OC(C)=O)[C@@H]2OC(C)=O)[C@@H](OC(C)=O)[C@@H]1O. The molecule has 0 aromatic rings. The van der Waals surface area contributed by atoms with Gasteiger partial charge in [0.25, 0.3) is 0 Å². The summed E-state index contributed by atoms with van der Waals surface area (Å²) in [7, 11) is 0. The minimum Gasteiger partial charge on any atom is -0.463 e. The first-order valence-corrected chi connectivity index (χ1v) is 12.4. The molecule has 0 aliphatic carbocycles. The fraction of sp³-hybridized carbons (Fsp3) is 0.750. The number of carbonyl (C=O) groups excluding carboxylic acids is 6. The average Bonchev–Trinajstić information content (AvgIpc) is 2.83. The number of hydrogen-bond acceptors (Lipinski definition) is 17. The van der Waals surface area contributed by atoms with Gasteiger partial charge in [-0.15, -0.1) is 0 Å². The molecule has 41 heavy (non-hydrogen) atoms. The molecule has 0 spiro atoms. The molecule has 1 unspecified atom stereocenters. The molecule has 2 heterocycles. The Kier molecular flexibility index (Phi) is 12.4. The van der Waals surface area contributed by atoms with E-state index in [0.29, 0.717) is 0 Å². The summed E-state index contributed by atoms with van der Waals surface area (Å²) in [4.78, 5) is 70.5. The van der Waals surface area contributed by atoms with Crippen molar-refractivity contribution in [3.05, 3.63) is 0 Å². The monoisotopic (exact) mass is 594 g/mol. The first-order chi connectivity index (χ1) is 19.1. The molecule has 0 radical (unpaired) electrons. The molecule has 0 bridgehead atoms.